The van der Waals surface area contributed by atoms with Crippen molar-refractivity contribution >= 4 is 30.7 Å². The molecule has 3 aliphatic rings. The van der Waals surface area contributed by atoms with E-state index in [1.54, 1.807) is 0 Å². The van der Waals surface area contributed by atoms with E-state index < -0.39 is 0 Å². The first-order chi connectivity index (χ1) is 13.1. The van der Waals surface area contributed by atoms with Gasteiger partial charge in [-0.15, -0.1) is 24.8 Å². The third-order valence-electron chi connectivity index (χ3n) is 7.40. The minimum Gasteiger partial charge on any atom is -0.341 e. The molecule has 2 saturated carbocycles. The Morgan fingerprint density at radius 2 is 1.66 bits per heavy atom. The summed E-state index contributed by atoms with van der Waals surface area (Å²) in [6.45, 7) is 6.03. The van der Waals surface area contributed by atoms with Crippen molar-refractivity contribution in [3.8, 4) is 0 Å². The summed E-state index contributed by atoms with van der Waals surface area (Å²) in [6, 6.07) is 11.5. The van der Waals surface area contributed by atoms with E-state index in [2.05, 4.69) is 47.1 Å². The highest BCUT2D eigenvalue weighted by atomic mass is 35.5. The maximum absolute atomic E-state index is 13.3. The van der Waals surface area contributed by atoms with Crippen LogP contribution in [-0.4, -0.2) is 47.4 Å². The first kappa shape index (κ1) is 24.5. The van der Waals surface area contributed by atoms with Gasteiger partial charge < -0.3 is 10.6 Å². The third-order valence-corrected chi connectivity index (χ3v) is 7.40. The van der Waals surface area contributed by atoms with Gasteiger partial charge in [0.1, 0.15) is 0 Å². The topological polar surface area (TPSA) is 49.6 Å². The number of nitrogens with zero attached hydrogens (tertiary/aromatic N) is 2. The van der Waals surface area contributed by atoms with Crippen LogP contribution in [0.5, 0.6) is 0 Å². The molecule has 6 heteroatoms. The van der Waals surface area contributed by atoms with Gasteiger partial charge >= 0.3 is 0 Å². The second-order valence-corrected chi connectivity index (χ2v) is 9.12. The van der Waals surface area contributed by atoms with Crippen molar-refractivity contribution < 1.29 is 4.79 Å². The van der Waals surface area contributed by atoms with Crippen LogP contribution in [0.4, 0.5) is 0 Å². The second kappa shape index (κ2) is 11.0. The van der Waals surface area contributed by atoms with E-state index in [0.29, 0.717) is 29.8 Å². The van der Waals surface area contributed by atoms with Gasteiger partial charge in [-0.25, -0.2) is 0 Å². The number of fused-ring (bicyclic) bond motifs is 2. The predicted molar refractivity (Wildman–Crippen MR) is 124 cm³/mol. The highest BCUT2D eigenvalue weighted by Gasteiger charge is 2.41. The molecular weight excluding hydrogens is 405 g/mol. The third kappa shape index (κ3) is 5.66. The molecule has 1 saturated heterocycles. The van der Waals surface area contributed by atoms with E-state index in [-0.39, 0.29) is 30.7 Å². The lowest BCUT2D eigenvalue weighted by Crippen LogP contribution is -2.50. The molecule has 3 fully saturated rings. The van der Waals surface area contributed by atoms with E-state index in [1.165, 1.54) is 24.8 Å². The number of hydrogen-bond acceptors (Lipinski definition) is 3. The molecule has 4 rings (SSSR count). The van der Waals surface area contributed by atoms with Crippen molar-refractivity contribution in [3.63, 3.8) is 0 Å². The van der Waals surface area contributed by atoms with E-state index in [0.717, 1.165) is 45.4 Å². The number of benzene rings is 1. The molecule has 29 heavy (non-hydrogen) atoms. The summed E-state index contributed by atoms with van der Waals surface area (Å²) in [4.78, 5) is 18.0. The monoisotopic (exact) mass is 441 g/mol. The summed E-state index contributed by atoms with van der Waals surface area (Å²) in [5.41, 5.74) is 7.79. The van der Waals surface area contributed by atoms with Gasteiger partial charge in [-0.1, -0.05) is 36.8 Å². The largest absolute Gasteiger partial charge is 0.341 e. The number of amides is 1. The molecular formula is C23H37Cl2N3O. The smallest absolute Gasteiger partial charge is 0.225 e. The Labute approximate surface area is 188 Å². The summed E-state index contributed by atoms with van der Waals surface area (Å²) in [5, 5.41) is 0. The number of rotatable bonds is 3. The number of carbonyl (C=O) groups is 1. The van der Waals surface area contributed by atoms with Gasteiger partial charge in [0.05, 0.1) is 0 Å². The fourth-order valence-electron chi connectivity index (χ4n) is 5.63. The molecule has 0 spiro atoms. The number of carbonyl (C=O) groups excluding carboxylic acids is 1. The fraction of sp³-hybridized carbons (Fsp3) is 0.696. The molecule has 1 aromatic rings. The van der Waals surface area contributed by atoms with Crippen LogP contribution in [0.15, 0.2) is 30.3 Å². The van der Waals surface area contributed by atoms with Crippen molar-refractivity contribution in [3.05, 3.63) is 35.9 Å². The summed E-state index contributed by atoms with van der Waals surface area (Å²) in [6.07, 6.45) is 6.87. The molecule has 4 nitrogen and oxygen atoms in total. The number of hydrogen-bond donors (Lipinski definition) is 1. The highest BCUT2D eigenvalue weighted by Crippen LogP contribution is 2.42. The lowest BCUT2D eigenvalue weighted by Gasteiger charge is -2.44. The molecule has 2 N–H and O–H groups in total. The zero-order valence-electron chi connectivity index (χ0n) is 17.5. The van der Waals surface area contributed by atoms with Gasteiger partial charge in [0.15, 0.2) is 0 Å². The van der Waals surface area contributed by atoms with Gasteiger partial charge in [-0.2, -0.15) is 0 Å². The van der Waals surface area contributed by atoms with Gasteiger partial charge in [0.25, 0.3) is 0 Å². The van der Waals surface area contributed by atoms with Crippen LogP contribution in [0.3, 0.4) is 0 Å². The van der Waals surface area contributed by atoms with Crippen molar-refractivity contribution in [2.45, 2.75) is 64.1 Å². The van der Waals surface area contributed by atoms with Gasteiger partial charge in [-0.05, 0) is 56.4 Å². The summed E-state index contributed by atoms with van der Waals surface area (Å²) >= 11 is 0. The zero-order valence-corrected chi connectivity index (χ0v) is 19.2. The Balaban J connectivity index is 0.00000150. The quantitative estimate of drug-likeness (QED) is 0.767. The Morgan fingerprint density at radius 1 is 1.00 bits per heavy atom. The van der Waals surface area contributed by atoms with E-state index in [9.17, 15) is 4.79 Å². The summed E-state index contributed by atoms with van der Waals surface area (Å²) < 4.78 is 0. The lowest BCUT2D eigenvalue weighted by molar-refractivity contribution is -0.138. The van der Waals surface area contributed by atoms with Gasteiger partial charge in [0.2, 0.25) is 5.91 Å². The van der Waals surface area contributed by atoms with E-state index in [1.807, 2.05) is 0 Å². The molecule has 2 bridgehead atoms. The molecule has 1 aliphatic heterocycles. The number of halogens is 2. The van der Waals surface area contributed by atoms with Crippen molar-refractivity contribution in [2.75, 3.05) is 19.6 Å². The molecule has 3 unspecified atom stereocenters. The SMILES string of the molecule is CC1CCN(C(=O)C2CC3CCCC(C2)C3N)CCN1Cc1ccccc1.Cl.Cl. The molecule has 0 radical (unpaired) electrons. The average molecular weight is 442 g/mol. The second-order valence-electron chi connectivity index (χ2n) is 9.12. The van der Waals surface area contributed by atoms with Crippen LogP contribution in [0, 0.1) is 17.8 Å². The maximum Gasteiger partial charge on any atom is 0.225 e. The molecule has 1 amide bonds. The Bertz CT molecular complexity index is 630. The predicted octanol–water partition coefficient (Wildman–Crippen LogP) is 4.11. The van der Waals surface area contributed by atoms with E-state index >= 15 is 0 Å². The number of nitrogens with two attached hydrogens (primary N) is 1. The van der Waals surface area contributed by atoms with Crippen molar-refractivity contribution in [1.82, 2.24) is 9.80 Å². The van der Waals surface area contributed by atoms with Crippen LogP contribution < -0.4 is 5.73 Å². The Hall–Kier alpha value is -0.810. The van der Waals surface area contributed by atoms with Crippen molar-refractivity contribution in [2.24, 2.45) is 23.5 Å². The molecule has 1 aromatic carbocycles. The average Bonchev–Trinajstić information content (AvgIpc) is 2.84. The minimum atomic E-state index is 0. The first-order valence-corrected chi connectivity index (χ1v) is 10.9. The molecule has 3 atom stereocenters. The van der Waals surface area contributed by atoms with E-state index in [4.69, 9.17) is 5.73 Å². The maximum atomic E-state index is 13.3. The lowest BCUT2D eigenvalue weighted by atomic mass is 9.65. The first-order valence-electron chi connectivity index (χ1n) is 10.9. The van der Waals surface area contributed by atoms with Crippen LogP contribution in [0.25, 0.3) is 0 Å². The molecule has 1 heterocycles. The van der Waals surface area contributed by atoms with Crippen molar-refractivity contribution in [1.29, 1.82) is 0 Å². The van der Waals surface area contributed by atoms with Crippen LogP contribution in [0.2, 0.25) is 0 Å². The summed E-state index contributed by atoms with van der Waals surface area (Å²) in [7, 11) is 0. The minimum absolute atomic E-state index is 0. The fourth-order valence-corrected chi connectivity index (χ4v) is 5.63. The Kier molecular flexibility index (Phi) is 9.27. The molecule has 2 aliphatic carbocycles. The van der Waals surface area contributed by atoms with Gasteiger partial charge in [-0.3, -0.25) is 9.69 Å². The highest BCUT2D eigenvalue weighted by molar-refractivity contribution is 5.85. The summed E-state index contributed by atoms with van der Waals surface area (Å²) in [5.74, 6) is 1.78. The Morgan fingerprint density at radius 3 is 2.31 bits per heavy atom. The van der Waals surface area contributed by atoms with Gasteiger partial charge in [0, 0.05) is 44.2 Å². The molecule has 164 valence electrons. The normalized spacial score (nSPS) is 32.5. The van der Waals surface area contributed by atoms with Crippen LogP contribution in [0.1, 0.15) is 51.0 Å². The molecule has 0 aromatic heterocycles. The standard InChI is InChI=1S/C23H35N3O.2ClH/c1-17-10-11-25(12-13-26(17)16-18-6-3-2-4-7-18)23(27)21-14-19-8-5-9-20(15-21)22(19)24;;/h2-4,6-7,17,19-22H,5,8-16,24H2,1H3;2*1H. The van der Waals surface area contributed by atoms with Crippen LogP contribution in [-0.2, 0) is 11.3 Å². The zero-order chi connectivity index (χ0) is 18.8. The van der Waals surface area contributed by atoms with Crippen LogP contribution >= 0.6 is 24.8 Å².